The summed E-state index contributed by atoms with van der Waals surface area (Å²) in [7, 11) is 3.96. The third-order valence-electron chi connectivity index (χ3n) is 1.82. The molecular formula is C9H21N3O. The van der Waals surface area contributed by atoms with Crippen molar-refractivity contribution in [1.82, 2.24) is 10.2 Å². The van der Waals surface area contributed by atoms with Crippen LogP contribution in [0.1, 0.15) is 13.3 Å². The fraction of sp³-hybridized carbons (Fsp3) is 0.889. The van der Waals surface area contributed by atoms with Crippen LogP contribution in [-0.2, 0) is 4.79 Å². The number of carbonyl (C=O) groups is 1. The quantitative estimate of drug-likeness (QED) is 0.597. The van der Waals surface area contributed by atoms with Crippen molar-refractivity contribution < 1.29 is 4.79 Å². The molecule has 0 aromatic heterocycles. The minimum atomic E-state index is 0.0970. The monoisotopic (exact) mass is 187 g/mol. The molecule has 1 atom stereocenters. The summed E-state index contributed by atoms with van der Waals surface area (Å²) in [6.45, 7) is 4.14. The molecule has 0 aromatic carbocycles. The van der Waals surface area contributed by atoms with Crippen LogP contribution in [0.4, 0.5) is 0 Å². The Morgan fingerprint density at radius 2 is 2.15 bits per heavy atom. The maximum absolute atomic E-state index is 11.2. The van der Waals surface area contributed by atoms with Crippen LogP contribution in [0.3, 0.4) is 0 Å². The Balaban J connectivity index is 3.41. The summed E-state index contributed by atoms with van der Waals surface area (Å²) >= 11 is 0. The van der Waals surface area contributed by atoms with Gasteiger partial charge in [0.1, 0.15) is 0 Å². The highest BCUT2D eigenvalue weighted by Crippen LogP contribution is 1.97. The van der Waals surface area contributed by atoms with Crippen LogP contribution >= 0.6 is 0 Å². The van der Waals surface area contributed by atoms with E-state index in [0.29, 0.717) is 19.5 Å². The van der Waals surface area contributed by atoms with Crippen LogP contribution in [0.15, 0.2) is 0 Å². The topological polar surface area (TPSA) is 58.4 Å². The predicted octanol–water partition coefficient (Wildman–Crippen LogP) is -0.351. The number of hydrogen-bond acceptors (Lipinski definition) is 3. The summed E-state index contributed by atoms with van der Waals surface area (Å²) in [6.07, 6.45) is 0.532. The number of nitrogens with two attached hydrogens (primary N) is 1. The number of nitrogens with zero attached hydrogens (tertiary/aromatic N) is 1. The Hall–Kier alpha value is -0.610. The van der Waals surface area contributed by atoms with Crippen molar-refractivity contribution in [3.05, 3.63) is 0 Å². The predicted molar refractivity (Wildman–Crippen MR) is 54.4 cm³/mol. The average Bonchev–Trinajstić information content (AvgIpc) is 2.03. The molecular weight excluding hydrogens is 166 g/mol. The van der Waals surface area contributed by atoms with Crippen LogP contribution in [0, 0.1) is 5.92 Å². The molecule has 0 saturated carbocycles. The smallest absolute Gasteiger partial charge is 0.220 e. The van der Waals surface area contributed by atoms with Gasteiger partial charge in [0.2, 0.25) is 5.91 Å². The zero-order valence-corrected chi connectivity index (χ0v) is 8.84. The summed E-state index contributed by atoms with van der Waals surface area (Å²) in [5.41, 5.74) is 5.41. The van der Waals surface area contributed by atoms with E-state index < -0.39 is 0 Å². The normalized spacial score (nSPS) is 13.0. The van der Waals surface area contributed by atoms with Gasteiger partial charge in [0.05, 0.1) is 0 Å². The van der Waals surface area contributed by atoms with Crippen molar-refractivity contribution in [1.29, 1.82) is 0 Å². The van der Waals surface area contributed by atoms with Crippen molar-refractivity contribution in [2.45, 2.75) is 13.3 Å². The van der Waals surface area contributed by atoms with E-state index in [1.165, 1.54) is 0 Å². The first-order chi connectivity index (χ1) is 6.06. The molecule has 1 amide bonds. The largest absolute Gasteiger partial charge is 0.355 e. The first kappa shape index (κ1) is 12.4. The second kappa shape index (κ2) is 6.86. The third-order valence-corrected chi connectivity index (χ3v) is 1.82. The van der Waals surface area contributed by atoms with Gasteiger partial charge in [-0.15, -0.1) is 0 Å². The van der Waals surface area contributed by atoms with Gasteiger partial charge >= 0.3 is 0 Å². The van der Waals surface area contributed by atoms with Crippen molar-refractivity contribution in [2.75, 3.05) is 33.7 Å². The third kappa shape index (κ3) is 7.74. The summed E-state index contributed by atoms with van der Waals surface area (Å²) in [5, 5.41) is 2.84. The number of rotatable bonds is 6. The molecule has 0 aromatic rings. The highest BCUT2D eigenvalue weighted by atomic mass is 16.1. The molecule has 0 heterocycles. The lowest BCUT2D eigenvalue weighted by Gasteiger charge is -2.12. The number of amides is 1. The van der Waals surface area contributed by atoms with Gasteiger partial charge in [-0.05, 0) is 26.6 Å². The summed E-state index contributed by atoms with van der Waals surface area (Å²) in [4.78, 5) is 13.2. The lowest BCUT2D eigenvalue weighted by atomic mass is 10.1. The Kier molecular flexibility index (Phi) is 6.54. The summed E-state index contributed by atoms with van der Waals surface area (Å²) < 4.78 is 0. The Bertz CT molecular complexity index is 148. The maximum atomic E-state index is 11.2. The van der Waals surface area contributed by atoms with Crippen LogP contribution in [0.25, 0.3) is 0 Å². The van der Waals surface area contributed by atoms with Crippen molar-refractivity contribution >= 4 is 5.91 Å². The molecule has 0 rings (SSSR count). The zero-order chi connectivity index (χ0) is 10.3. The molecule has 0 aliphatic rings. The summed E-state index contributed by atoms with van der Waals surface area (Å²) in [6, 6.07) is 0. The van der Waals surface area contributed by atoms with Crippen molar-refractivity contribution in [3.8, 4) is 0 Å². The van der Waals surface area contributed by atoms with Gasteiger partial charge in [-0.1, -0.05) is 6.92 Å². The standard InChI is InChI=1S/C9H21N3O/c1-8(7-10)6-9(13)11-4-5-12(2)3/h8H,4-7,10H2,1-3H3,(H,11,13). The number of hydrogen-bond donors (Lipinski definition) is 2. The van der Waals surface area contributed by atoms with Gasteiger partial charge < -0.3 is 16.0 Å². The van der Waals surface area contributed by atoms with Gasteiger partial charge in [-0.25, -0.2) is 0 Å². The van der Waals surface area contributed by atoms with Gasteiger partial charge in [0.25, 0.3) is 0 Å². The molecule has 3 N–H and O–H groups in total. The minimum Gasteiger partial charge on any atom is -0.355 e. The fourth-order valence-corrected chi connectivity index (χ4v) is 0.891. The lowest BCUT2D eigenvalue weighted by Crippen LogP contribution is -2.32. The molecule has 4 nitrogen and oxygen atoms in total. The highest BCUT2D eigenvalue weighted by molar-refractivity contribution is 5.76. The van der Waals surface area contributed by atoms with Crippen LogP contribution in [-0.4, -0.2) is 44.5 Å². The molecule has 0 saturated heterocycles. The Morgan fingerprint density at radius 1 is 1.54 bits per heavy atom. The highest BCUT2D eigenvalue weighted by Gasteiger charge is 2.06. The van der Waals surface area contributed by atoms with E-state index in [-0.39, 0.29) is 11.8 Å². The zero-order valence-electron chi connectivity index (χ0n) is 8.84. The van der Waals surface area contributed by atoms with E-state index in [2.05, 4.69) is 5.32 Å². The van der Waals surface area contributed by atoms with Crippen LogP contribution in [0.2, 0.25) is 0 Å². The molecule has 1 unspecified atom stereocenters. The van der Waals surface area contributed by atoms with Crippen LogP contribution in [0.5, 0.6) is 0 Å². The molecule has 0 fully saturated rings. The lowest BCUT2D eigenvalue weighted by molar-refractivity contribution is -0.121. The molecule has 0 aliphatic heterocycles. The Morgan fingerprint density at radius 3 is 2.62 bits per heavy atom. The maximum Gasteiger partial charge on any atom is 0.220 e. The van der Waals surface area contributed by atoms with Crippen molar-refractivity contribution in [2.24, 2.45) is 11.7 Å². The van der Waals surface area contributed by atoms with E-state index in [4.69, 9.17) is 5.73 Å². The number of carbonyl (C=O) groups excluding carboxylic acids is 1. The van der Waals surface area contributed by atoms with Gasteiger partial charge in [-0.3, -0.25) is 4.79 Å². The number of likely N-dealkylation sites (N-methyl/N-ethyl adjacent to an activating group) is 1. The summed E-state index contributed by atoms with van der Waals surface area (Å²) in [5.74, 6) is 0.374. The van der Waals surface area contributed by atoms with Gasteiger partial charge in [0.15, 0.2) is 0 Å². The van der Waals surface area contributed by atoms with E-state index in [1.54, 1.807) is 0 Å². The SMILES string of the molecule is CC(CN)CC(=O)NCCN(C)C. The first-order valence-electron chi connectivity index (χ1n) is 4.67. The Labute approximate surface area is 80.5 Å². The molecule has 4 heteroatoms. The molecule has 78 valence electrons. The average molecular weight is 187 g/mol. The number of nitrogens with one attached hydrogen (secondary N) is 1. The van der Waals surface area contributed by atoms with E-state index in [1.807, 2.05) is 25.9 Å². The second-order valence-corrected chi connectivity index (χ2v) is 3.70. The van der Waals surface area contributed by atoms with Crippen molar-refractivity contribution in [3.63, 3.8) is 0 Å². The fourth-order valence-electron chi connectivity index (χ4n) is 0.891. The molecule has 13 heavy (non-hydrogen) atoms. The molecule has 0 bridgehead atoms. The minimum absolute atomic E-state index is 0.0970. The first-order valence-corrected chi connectivity index (χ1v) is 4.67. The van der Waals surface area contributed by atoms with Gasteiger partial charge in [-0.2, -0.15) is 0 Å². The molecule has 0 aliphatic carbocycles. The van der Waals surface area contributed by atoms with Crippen LogP contribution < -0.4 is 11.1 Å². The van der Waals surface area contributed by atoms with E-state index in [9.17, 15) is 4.79 Å². The molecule has 0 spiro atoms. The van der Waals surface area contributed by atoms with E-state index in [0.717, 1.165) is 6.54 Å². The van der Waals surface area contributed by atoms with E-state index >= 15 is 0 Å². The van der Waals surface area contributed by atoms with Gasteiger partial charge in [0, 0.05) is 19.5 Å². The molecule has 0 radical (unpaired) electrons. The second-order valence-electron chi connectivity index (χ2n) is 3.70.